The average Bonchev–Trinajstić information content (AvgIpc) is 2.62. The summed E-state index contributed by atoms with van der Waals surface area (Å²) < 4.78 is 36.6. The molecule has 1 aliphatic heterocycles. The number of nitrogens with one attached hydrogen (secondary N) is 1. The van der Waals surface area contributed by atoms with Crippen LogP contribution in [0.2, 0.25) is 10.0 Å². The third-order valence-electron chi connectivity index (χ3n) is 3.92. The first-order valence-corrected chi connectivity index (χ1v) is 10.9. The van der Waals surface area contributed by atoms with Crippen molar-refractivity contribution in [2.24, 2.45) is 0 Å². The first-order chi connectivity index (χ1) is 13.2. The first kappa shape index (κ1) is 20.6. The lowest BCUT2D eigenvalue weighted by Gasteiger charge is -2.27. The summed E-state index contributed by atoms with van der Waals surface area (Å²) in [6.07, 6.45) is 0.621. The Kier molecular flexibility index (Phi) is 6.22. The summed E-state index contributed by atoms with van der Waals surface area (Å²) in [5.41, 5.74) is 0.210. The highest BCUT2D eigenvalue weighted by Gasteiger charge is 2.24. The number of carbonyl (C=O) groups excluding carboxylic acids is 1. The molecule has 2 aromatic carbocycles. The van der Waals surface area contributed by atoms with Gasteiger partial charge in [0.1, 0.15) is 19.3 Å². The van der Waals surface area contributed by atoms with Crippen LogP contribution in [0.5, 0.6) is 11.5 Å². The Hall–Kier alpha value is -2.16. The number of fused-ring (bicyclic) bond motifs is 1. The quantitative estimate of drug-likeness (QED) is 0.739. The van der Waals surface area contributed by atoms with Gasteiger partial charge in [0.05, 0.1) is 18.5 Å². The molecule has 0 spiro atoms. The average molecular weight is 445 g/mol. The van der Waals surface area contributed by atoms with Gasteiger partial charge >= 0.3 is 0 Å². The minimum atomic E-state index is -3.73. The third kappa shape index (κ3) is 5.21. The van der Waals surface area contributed by atoms with Gasteiger partial charge in [0.2, 0.25) is 15.9 Å². The second kappa shape index (κ2) is 8.46. The number of benzene rings is 2. The Labute approximate surface area is 173 Å². The van der Waals surface area contributed by atoms with Crippen LogP contribution in [0.1, 0.15) is 0 Å². The minimum Gasteiger partial charge on any atom is -0.486 e. The van der Waals surface area contributed by atoms with E-state index in [1.807, 2.05) is 12.1 Å². The van der Waals surface area contributed by atoms with E-state index < -0.39 is 22.5 Å². The fourth-order valence-electron chi connectivity index (χ4n) is 2.66. The van der Waals surface area contributed by atoms with E-state index in [1.165, 1.54) is 18.2 Å². The number of amides is 1. The molecule has 0 unspecified atom stereocenters. The standard InChI is InChI=1S/C18H18Cl2N2O5S/c1-28(24,25)22(14-7-12(19)6-13(20)8-14)10-18(23)21-9-15-11-26-16-4-2-3-5-17(16)27-15/h2-8,15H,9-11H2,1H3,(H,21,23)/t15-/m1/s1. The zero-order valence-electron chi connectivity index (χ0n) is 14.9. The Bertz CT molecular complexity index is 963. The minimum absolute atomic E-state index is 0.168. The van der Waals surface area contributed by atoms with E-state index in [-0.39, 0.29) is 35.0 Å². The van der Waals surface area contributed by atoms with Gasteiger partial charge in [-0.3, -0.25) is 9.10 Å². The highest BCUT2D eigenvalue weighted by atomic mass is 35.5. The molecule has 1 N–H and O–H groups in total. The van der Waals surface area contributed by atoms with Crippen LogP contribution in [0.4, 0.5) is 5.69 Å². The van der Waals surface area contributed by atoms with E-state index in [2.05, 4.69) is 5.32 Å². The van der Waals surface area contributed by atoms with Gasteiger partial charge < -0.3 is 14.8 Å². The molecule has 0 fully saturated rings. The SMILES string of the molecule is CS(=O)(=O)N(CC(=O)NC[C@@H]1COc2ccccc2O1)c1cc(Cl)cc(Cl)c1. The van der Waals surface area contributed by atoms with E-state index in [1.54, 1.807) is 12.1 Å². The Morgan fingerprint density at radius 2 is 1.82 bits per heavy atom. The summed E-state index contributed by atoms with van der Waals surface area (Å²) in [6.45, 7) is 0.0255. The maximum Gasteiger partial charge on any atom is 0.240 e. The lowest BCUT2D eigenvalue weighted by atomic mass is 10.2. The summed E-state index contributed by atoms with van der Waals surface area (Å²) in [5, 5.41) is 3.20. The maximum absolute atomic E-state index is 12.4. The van der Waals surface area contributed by atoms with Gasteiger partial charge in [0.15, 0.2) is 11.5 Å². The van der Waals surface area contributed by atoms with Gasteiger partial charge in [-0.2, -0.15) is 0 Å². The van der Waals surface area contributed by atoms with Crippen molar-refractivity contribution in [3.05, 3.63) is 52.5 Å². The number of nitrogens with zero attached hydrogens (tertiary/aromatic N) is 1. The molecule has 0 bridgehead atoms. The van der Waals surface area contributed by atoms with Crippen molar-refractivity contribution in [1.29, 1.82) is 0 Å². The lowest BCUT2D eigenvalue weighted by molar-refractivity contribution is -0.120. The molecule has 0 radical (unpaired) electrons. The number of sulfonamides is 1. The highest BCUT2D eigenvalue weighted by Crippen LogP contribution is 2.30. The van der Waals surface area contributed by atoms with Crippen LogP contribution in [0, 0.1) is 0 Å². The molecule has 0 saturated heterocycles. The van der Waals surface area contributed by atoms with Gasteiger partial charge in [0.25, 0.3) is 0 Å². The van der Waals surface area contributed by atoms with E-state index in [9.17, 15) is 13.2 Å². The molecule has 2 aromatic rings. The van der Waals surface area contributed by atoms with Gasteiger partial charge in [-0.1, -0.05) is 35.3 Å². The highest BCUT2D eigenvalue weighted by molar-refractivity contribution is 7.92. The van der Waals surface area contributed by atoms with Gasteiger partial charge in [-0.15, -0.1) is 0 Å². The topological polar surface area (TPSA) is 84.9 Å². The van der Waals surface area contributed by atoms with E-state index in [4.69, 9.17) is 32.7 Å². The van der Waals surface area contributed by atoms with Gasteiger partial charge in [-0.25, -0.2) is 8.42 Å². The summed E-state index contributed by atoms with van der Waals surface area (Å²) in [5.74, 6) is 0.745. The second-order valence-electron chi connectivity index (χ2n) is 6.20. The number of hydrogen-bond donors (Lipinski definition) is 1. The summed E-state index contributed by atoms with van der Waals surface area (Å²) in [7, 11) is -3.73. The largest absolute Gasteiger partial charge is 0.486 e. The van der Waals surface area contributed by atoms with Crippen molar-refractivity contribution in [1.82, 2.24) is 5.32 Å². The van der Waals surface area contributed by atoms with Crippen molar-refractivity contribution >= 4 is 44.8 Å². The number of ether oxygens (including phenoxy) is 2. The van der Waals surface area contributed by atoms with Crippen LogP contribution in [-0.4, -0.2) is 46.4 Å². The molecule has 3 rings (SSSR count). The molecule has 1 aliphatic rings. The van der Waals surface area contributed by atoms with Crippen LogP contribution in [0.3, 0.4) is 0 Å². The normalized spacial score (nSPS) is 15.8. The first-order valence-electron chi connectivity index (χ1n) is 8.31. The number of carbonyl (C=O) groups is 1. The van der Waals surface area contributed by atoms with Crippen molar-refractivity contribution in [2.75, 3.05) is 30.3 Å². The third-order valence-corrected chi connectivity index (χ3v) is 5.49. The van der Waals surface area contributed by atoms with Crippen molar-refractivity contribution < 1.29 is 22.7 Å². The Morgan fingerprint density at radius 1 is 1.18 bits per heavy atom. The van der Waals surface area contributed by atoms with Crippen molar-refractivity contribution in [3.63, 3.8) is 0 Å². The molecule has 28 heavy (non-hydrogen) atoms. The number of rotatable bonds is 6. The van der Waals surface area contributed by atoms with Crippen LogP contribution >= 0.6 is 23.2 Å². The number of para-hydroxylation sites is 2. The lowest BCUT2D eigenvalue weighted by Crippen LogP contribution is -2.45. The molecular formula is C18H18Cl2N2O5S. The van der Waals surface area contributed by atoms with Crippen LogP contribution in [-0.2, 0) is 14.8 Å². The summed E-state index contributed by atoms with van der Waals surface area (Å²) >= 11 is 11.9. The summed E-state index contributed by atoms with van der Waals surface area (Å²) in [6, 6.07) is 11.6. The summed E-state index contributed by atoms with van der Waals surface area (Å²) in [4.78, 5) is 12.4. The molecular weight excluding hydrogens is 427 g/mol. The van der Waals surface area contributed by atoms with E-state index in [0.717, 1.165) is 10.6 Å². The monoisotopic (exact) mass is 444 g/mol. The van der Waals surface area contributed by atoms with Crippen LogP contribution < -0.4 is 19.1 Å². The Balaban J connectivity index is 1.63. The zero-order chi connectivity index (χ0) is 20.3. The number of anilines is 1. The van der Waals surface area contributed by atoms with Crippen LogP contribution in [0.25, 0.3) is 0 Å². The molecule has 0 aromatic heterocycles. The van der Waals surface area contributed by atoms with Crippen LogP contribution in [0.15, 0.2) is 42.5 Å². The number of halogens is 2. The fourth-order valence-corrected chi connectivity index (χ4v) is 4.02. The number of hydrogen-bond acceptors (Lipinski definition) is 5. The predicted molar refractivity (Wildman–Crippen MR) is 108 cm³/mol. The van der Waals surface area contributed by atoms with Crippen molar-refractivity contribution in [2.45, 2.75) is 6.10 Å². The zero-order valence-corrected chi connectivity index (χ0v) is 17.2. The molecule has 7 nitrogen and oxygen atoms in total. The predicted octanol–water partition coefficient (Wildman–Crippen LogP) is 2.72. The molecule has 1 heterocycles. The molecule has 0 saturated carbocycles. The molecule has 150 valence electrons. The molecule has 0 aliphatic carbocycles. The van der Waals surface area contributed by atoms with Crippen molar-refractivity contribution in [3.8, 4) is 11.5 Å². The van der Waals surface area contributed by atoms with E-state index in [0.29, 0.717) is 11.5 Å². The maximum atomic E-state index is 12.4. The fraction of sp³-hybridized carbons (Fsp3) is 0.278. The molecule has 1 atom stereocenters. The smallest absolute Gasteiger partial charge is 0.240 e. The van der Waals surface area contributed by atoms with E-state index >= 15 is 0 Å². The van der Waals surface area contributed by atoms with Gasteiger partial charge in [-0.05, 0) is 30.3 Å². The Morgan fingerprint density at radius 3 is 2.46 bits per heavy atom. The molecule has 1 amide bonds. The molecule has 10 heteroatoms. The van der Waals surface area contributed by atoms with Gasteiger partial charge in [0, 0.05) is 10.0 Å². The second-order valence-corrected chi connectivity index (χ2v) is 8.98.